The van der Waals surface area contributed by atoms with E-state index in [1.165, 1.54) is 31.2 Å². The van der Waals surface area contributed by atoms with Crippen molar-refractivity contribution in [2.45, 2.75) is 38.3 Å². The summed E-state index contributed by atoms with van der Waals surface area (Å²) in [6.07, 6.45) is 9.22. The first-order valence-electron chi connectivity index (χ1n) is 6.85. The highest BCUT2D eigenvalue weighted by Crippen LogP contribution is 2.31. The summed E-state index contributed by atoms with van der Waals surface area (Å²) in [5, 5.41) is 3.45. The van der Waals surface area contributed by atoms with E-state index in [1.54, 1.807) is 0 Å². The van der Waals surface area contributed by atoms with Crippen molar-refractivity contribution in [3.05, 3.63) is 46.7 Å². The van der Waals surface area contributed by atoms with Gasteiger partial charge in [0, 0.05) is 29.5 Å². The van der Waals surface area contributed by atoms with Crippen LogP contribution in [0.5, 0.6) is 0 Å². The third kappa shape index (κ3) is 2.84. The molecule has 0 unspecified atom stereocenters. The largest absolute Gasteiger partial charge is 0.352 e. The van der Waals surface area contributed by atoms with Gasteiger partial charge in [-0.25, -0.2) is 4.98 Å². The third-order valence-electron chi connectivity index (χ3n) is 3.78. The number of hydrogen-bond donors (Lipinski definition) is 1. The average Bonchev–Trinajstić information content (AvgIpc) is 3.08. The lowest BCUT2D eigenvalue weighted by Crippen LogP contribution is -2.10. The summed E-state index contributed by atoms with van der Waals surface area (Å²) < 4.78 is 3.44. The molecule has 1 saturated carbocycles. The quantitative estimate of drug-likeness (QED) is 0.906. The highest BCUT2D eigenvalue weighted by atomic mass is 79.9. The number of halogens is 1. The van der Waals surface area contributed by atoms with E-state index in [0.29, 0.717) is 6.04 Å². The van der Waals surface area contributed by atoms with Crippen LogP contribution in [0.2, 0.25) is 0 Å². The summed E-state index contributed by atoms with van der Waals surface area (Å²) in [5.41, 5.74) is 1.25. The molecule has 1 N–H and O–H groups in total. The Labute approximate surface area is 122 Å². The molecule has 0 spiro atoms. The van der Waals surface area contributed by atoms with Crippen molar-refractivity contribution in [2.24, 2.45) is 0 Å². The molecule has 0 aliphatic heterocycles. The van der Waals surface area contributed by atoms with Crippen molar-refractivity contribution in [1.82, 2.24) is 9.55 Å². The monoisotopic (exact) mass is 319 g/mol. The van der Waals surface area contributed by atoms with Crippen LogP contribution in [0.3, 0.4) is 0 Å². The van der Waals surface area contributed by atoms with E-state index in [9.17, 15) is 0 Å². The molecule has 0 saturated heterocycles. The summed E-state index contributed by atoms with van der Waals surface area (Å²) in [4.78, 5) is 4.44. The Balaban J connectivity index is 1.70. The van der Waals surface area contributed by atoms with E-state index < -0.39 is 0 Å². The van der Waals surface area contributed by atoms with Gasteiger partial charge in [0.15, 0.2) is 0 Å². The molecule has 1 heterocycles. The van der Waals surface area contributed by atoms with Crippen molar-refractivity contribution in [3.63, 3.8) is 0 Å². The highest BCUT2D eigenvalue weighted by Gasteiger charge is 2.18. The van der Waals surface area contributed by atoms with Gasteiger partial charge in [0.05, 0.1) is 0 Å². The van der Waals surface area contributed by atoms with E-state index in [0.717, 1.165) is 17.0 Å². The fraction of sp³-hybridized carbons (Fsp3) is 0.400. The minimum absolute atomic E-state index is 0.629. The Bertz CT molecular complexity index is 544. The first-order chi connectivity index (χ1) is 9.34. The molecule has 1 aliphatic carbocycles. The maximum absolute atomic E-state index is 4.44. The summed E-state index contributed by atoms with van der Waals surface area (Å²) in [6, 6.07) is 8.92. The molecule has 4 heteroatoms. The topological polar surface area (TPSA) is 29.9 Å². The van der Waals surface area contributed by atoms with Crippen LogP contribution in [-0.2, 0) is 6.54 Å². The zero-order valence-corrected chi connectivity index (χ0v) is 12.4. The van der Waals surface area contributed by atoms with Gasteiger partial charge in [0.2, 0.25) is 5.95 Å². The second kappa shape index (κ2) is 5.78. The molecule has 1 aromatic carbocycles. The second-order valence-corrected chi connectivity index (χ2v) is 5.90. The summed E-state index contributed by atoms with van der Waals surface area (Å²) >= 11 is 3.58. The normalized spacial score (nSPS) is 15.8. The van der Waals surface area contributed by atoms with Gasteiger partial charge in [-0.1, -0.05) is 47.0 Å². The molecule has 100 valence electrons. The molecule has 0 atom stereocenters. The predicted molar refractivity (Wildman–Crippen MR) is 81.2 cm³/mol. The van der Waals surface area contributed by atoms with E-state index in [-0.39, 0.29) is 0 Å². The average molecular weight is 320 g/mol. The molecule has 1 fully saturated rings. The minimum Gasteiger partial charge on any atom is -0.352 e. The third-order valence-corrected chi connectivity index (χ3v) is 4.56. The lowest BCUT2D eigenvalue weighted by Gasteiger charge is -2.16. The Morgan fingerprint density at radius 1 is 1.26 bits per heavy atom. The van der Waals surface area contributed by atoms with E-state index in [2.05, 4.69) is 55.2 Å². The smallest absolute Gasteiger partial charge is 0.203 e. The Morgan fingerprint density at radius 2 is 2.05 bits per heavy atom. The zero-order chi connectivity index (χ0) is 13.1. The molecular weight excluding hydrogens is 302 g/mol. The Kier molecular flexibility index (Phi) is 3.87. The number of hydrogen-bond acceptors (Lipinski definition) is 2. The van der Waals surface area contributed by atoms with Gasteiger partial charge in [0.1, 0.15) is 0 Å². The van der Waals surface area contributed by atoms with Gasteiger partial charge in [-0.05, 0) is 24.5 Å². The molecule has 3 rings (SSSR count). The first-order valence-corrected chi connectivity index (χ1v) is 7.64. The fourth-order valence-corrected chi connectivity index (χ4v) is 3.17. The van der Waals surface area contributed by atoms with Crippen molar-refractivity contribution < 1.29 is 0 Å². The number of aromatic nitrogens is 2. The van der Waals surface area contributed by atoms with Crippen LogP contribution in [0.15, 0.2) is 41.1 Å². The van der Waals surface area contributed by atoms with Crippen LogP contribution in [0.25, 0.3) is 0 Å². The van der Waals surface area contributed by atoms with E-state index in [1.807, 2.05) is 12.3 Å². The van der Waals surface area contributed by atoms with Crippen molar-refractivity contribution in [1.29, 1.82) is 0 Å². The molecule has 3 nitrogen and oxygen atoms in total. The van der Waals surface area contributed by atoms with Gasteiger partial charge in [0.25, 0.3) is 0 Å². The lowest BCUT2D eigenvalue weighted by atomic mass is 10.2. The summed E-state index contributed by atoms with van der Waals surface area (Å²) in [6.45, 7) is 0.797. The molecule has 19 heavy (non-hydrogen) atoms. The van der Waals surface area contributed by atoms with E-state index in [4.69, 9.17) is 0 Å². The van der Waals surface area contributed by atoms with Crippen molar-refractivity contribution in [2.75, 3.05) is 5.32 Å². The van der Waals surface area contributed by atoms with Crippen LogP contribution in [-0.4, -0.2) is 9.55 Å². The number of rotatable bonds is 4. The predicted octanol–water partition coefficient (Wildman–Crippen LogP) is 4.37. The zero-order valence-electron chi connectivity index (χ0n) is 10.8. The molecule has 0 bridgehead atoms. The van der Waals surface area contributed by atoms with Crippen molar-refractivity contribution in [3.8, 4) is 0 Å². The lowest BCUT2D eigenvalue weighted by molar-refractivity contribution is 0.523. The van der Waals surface area contributed by atoms with Crippen LogP contribution in [0.4, 0.5) is 5.95 Å². The second-order valence-electron chi connectivity index (χ2n) is 5.04. The molecule has 1 aromatic heterocycles. The van der Waals surface area contributed by atoms with Gasteiger partial charge in [-0.15, -0.1) is 0 Å². The number of nitrogens with one attached hydrogen (secondary N) is 1. The van der Waals surface area contributed by atoms with Crippen LogP contribution in [0.1, 0.15) is 37.3 Å². The summed E-state index contributed by atoms with van der Waals surface area (Å²) in [7, 11) is 0. The standard InChI is InChI=1S/C15H18BrN3/c16-14-8-4-1-5-12(14)11-18-15-17-9-10-19(15)13-6-2-3-7-13/h1,4-5,8-10,13H,2-3,6-7,11H2,(H,17,18). The number of imidazole rings is 1. The van der Waals surface area contributed by atoms with Gasteiger partial charge >= 0.3 is 0 Å². The molecular formula is C15H18BrN3. The fourth-order valence-electron chi connectivity index (χ4n) is 2.74. The minimum atomic E-state index is 0.629. The van der Waals surface area contributed by atoms with Crippen LogP contribution >= 0.6 is 15.9 Å². The van der Waals surface area contributed by atoms with Gasteiger partial charge < -0.3 is 9.88 Å². The Hall–Kier alpha value is -1.29. The number of benzene rings is 1. The maximum Gasteiger partial charge on any atom is 0.203 e. The molecule has 1 aliphatic rings. The molecule has 2 aromatic rings. The van der Waals surface area contributed by atoms with Crippen molar-refractivity contribution >= 4 is 21.9 Å². The van der Waals surface area contributed by atoms with Crippen LogP contribution in [0, 0.1) is 0 Å². The number of anilines is 1. The van der Waals surface area contributed by atoms with Crippen LogP contribution < -0.4 is 5.32 Å². The summed E-state index contributed by atoms with van der Waals surface area (Å²) in [5.74, 6) is 0.989. The number of nitrogens with zero attached hydrogens (tertiary/aromatic N) is 2. The maximum atomic E-state index is 4.44. The highest BCUT2D eigenvalue weighted by molar-refractivity contribution is 9.10. The molecule has 0 radical (unpaired) electrons. The molecule has 0 amide bonds. The van der Waals surface area contributed by atoms with Gasteiger partial charge in [-0.2, -0.15) is 0 Å². The SMILES string of the molecule is Brc1ccccc1CNc1nccn1C1CCCC1. The van der Waals surface area contributed by atoms with E-state index >= 15 is 0 Å². The first kappa shape index (κ1) is 12.7. The van der Waals surface area contributed by atoms with Gasteiger partial charge in [-0.3, -0.25) is 0 Å². The Morgan fingerprint density at radius 3 is 2.84 bits per heavy atom.